The van der Waals surface area contributed by atoms with Gasteiger partial charge in [0.2, 0.25) is 5.91 Å². The van der Waals surface area contributed by atoms with Gasteiger partial charge in [0.25, 0.3) is 0 Å². The summed E-state index contributed by atoms with van der Waals surface area (Å²) in [5.74, 6) is -0.997. The average Bonchev–Trinajstić information content (AvgIpc) is 2.96. The van der Waals surface area contributed by atoms with Crippen LogP contribution in [0.3, 0.4) is 0 Å². The summed E-state index contributed by atoms with van der Waals surface area (Å²) in [7, 11) is 0. The van der Waals surface area contributed by atoms with Gasteiger partial charge in [-0.25, -0.2) is 0 Å². The minimum atomic E-state index is -0.700. The lowest BCUT2D eigenvalue weighted by atomic mass is 10.00. The number of carbonyl (C=O) groups excluding carboxylic acids is 1. The van der Waals surface area contributed by atoms with E-state index in [2.05, 4.69) is 15.0 Å². The molecule has 1 aromatic heterocycles. The molecule has 0 spiro atoms. The van der Waals surface area contributed by atoms with E-state index in [1.807, 2.05) is 36.4 Å². The Morgan fingerprint density at radius 2 is 2.16 bits per heavy atom. The highest BCUT2D eigenvalue weighted by atomic mass is 16.5. The molecule has 2 aromatic rings. The number of benzene rings is 1. The van der Waals surface area contributed by atoms with Crippen molar-refractivity contribution in [2.45, 2.75) is 13.0 Å². The first-order valence-electron chi connectivity index (χ1n) is 5.90. The quantitative estimate of drug-likeness (QED) is 0.881. The number of nitriles is 1. The smallest absolute Gasteiger partial charge is 0.238 e. The van der Waals surface area contributed by atoms with Crippen LogP contribution in [0.5, 0.6) is 0 Å². The van der Waals surface area contributed by atoms with Gasteiger partial charge in [-0.2, -0.15) is 5.26 Å². The third-order valence-electron chi connectivity index (χ3n) is 2.69. The van der Waals surface area contributed by atoms with Crippen molar-refractivity contribution >= 4 is 5.91 Å². The molecule has 0 aliphatic carbocycles. The van der Waals surface area contributed by atoms with Crippen LogP contribution in [0.2, 0.25) is 0 Å². The van der Waals surface area contributed by atoms with E-state index in [-0.39, 0.29) is 12.5 Å². The second-order valence-corrected chi connectivity index (χ2v) is 4.08. The Hall–Kier alpha value is -2.61. The lowest BCUT2D eigenvalue weighted by molar-refractivity contribution is -0.123. The van der Waals surface area contributed by atoms with Gasteiger partial charge in [-0.1, -0.05) is 35.5 Å². The molecule has 5 nitrogen and oxygen atoms in total. The Balaban J connectivity index is 1.90. The van der Waals surface area contributed by atoms with Crippen LogP contribution in [0, 0.1) is 17.2 Å². The normalized spacial score (nSPS) is 11.5. The highest BCUT2D eigenvalue weighted by Crippen LogP contribution is 2.08. The molecule has 1 N–H and O–H groups in total. The van der Waals surface area contributed by atoms with Crippen molar-refractivity contribution in [1.29, 1.82) is 5.26 Å². The minimum Gasteiger partial charge on any atom is -0.364 e. The third-order valence-corrected chi connectivity index (χ3v) is 2.69. The lowest BCUT2D eigenvalue weighted by Gasteiger charge is -2.09. The Morgan fingerprint density at radius 1 is 1.37 bits per heavy atom. The fourth-order valence-corrected chi connectivity index (χ4v) is 1.68. The summed E-state index contributed by atoms with van der Waals surface area (Å²) in [6.07, 6.45) is 1.84. The molecule has 0 aliphatic rings. The molecule has 0 radical (unpaired) electrons. The van der Waals surface area contributed by atoms with Crippen molar-refractivity contribution in [1.82, 2.24) is 10.5 Å². The Bertz CT molecular complexity index is 558. The van der Waals surface area contributed by atoms with Crippen molar-refractivity contribution in [2.75, 3.05) is 0 Å². The predicted octanol–water partition coefficient (Wildman–Crippen LogP) is 1.67. The summed E-state index contributed by atoms with van der Waals surface area (Å²) in [6, 6.07) is 13.2. The molecule has 0 saturated heterocycles. The first kappa shape index (κ1) is 12.8. The summed E-state index contributed by atoms with van der Waals surface area (Å²) in [4.78, 5) is 11.9. The lowest BCUT2D eigenvalue weighted by Crippen LogP contribution is -2.30. The zero-order valence-electron chi connectivity index (χ0n) is 10.2. The highest BCUT2D eigenvalue weighted by Gasteiger charge is 2.18. The molecular formula is C14H13N3O2. The van der Waals surface area contributed by atoms with Crippen molar-refractivity contribution in [3.05, 3.63) is 53.9 Å². The second-order valence-electron chi connectivity index (χ2n) is 4.08. The van der Waals surface area contributed by atoms with Crippen LogP contribution >= 0.6 is 0 Å². The number of nitrogens with one attached hydrogen (secondary N) is 1. The fourth-order valence-electron chi connectivity index (χ4n) is 1.68. The first-order chi connectivity index (χ1) is 9.29. The molecule has 0 fully saturated rings. The number of carbonyl (C=O) groups is 1. The van der Waals surface area contributed by atoms with E-state index >= 15 is 0 Å². The van der Waals surface area contributed by atoms with Crippen LogP contribution in [0.15, 0.2) is 47.2 Å². The van der Waals surface area contributed by atoms with Gasteiger partial charge in [-0.3, -0.25) is 4.79 Å². The number of rotatable bonds is 5. The van der Waals surface area contributed by atoms with E-state index in [1.54, 1.807) is 6.07 Å². The maximum Gasteiger partial charge on any atom is 0.238 e. The number of hydrogen-bond donors (Lipinski definition) is 1. The van der Waals surface area contributed by atoms with Crippen LogP contribution in [0.4, 0.5) is 0 Å². The number of aromatic nitrogens is 1. The zero-order valence-corrected chi connectivity index (χ0v) is 10.2. The van der Waals surface area contributed by atoms with Crippen LogP contribution in [0.25, 0.3) is 0 Å². The van der Waals surface area contributed by atoms with Crippen molar-refractivity contribution < 1.29 is 9.32 Å². The van der Waals surface area contributed by atoms with Gasteiger partial charge in [-0.15, -0.1) is 0 Å². The van der Waals surface area contributed by atoms with E-state index in [0.29, 0.717) is 12.1 Å². The summed E-state index contributed by atoms with van der Waals surface area (Å²) < 4.78 is 4.66. The third kappa shape index (κ3) is 3.68. The van der Waals surface area contributed by atoms with Crippen molar-refractivity contribution in [2.24, 2.45) is 5.92 Å². The molecule has 5 heteroatoms. The van der Waals surface area contributed by atoms with Crippen LogP contribution in [-0.4, -0.2) is 11.1 Å². The van der Waals surface area contributed by atoms with Crippen LogP contribution in [-0.2, 0) is 17.8 Å². The van der Waals surface area contributed by atoms with E-state index in [0.717, 1.165) is 5.56 Å². The molecule has 0 aliphatic heterocycles. The van der Waals surface area contributed by atoms with Gasteiger partial charge in [0.05, 0.1) is 12.6 Å². The minimum absolute atomic E-state index is 0.266. The fraction of sp³-hybridized carbons (Fsp3) is 0.214. The summed E-state index contributed by atoms with van der Waals surface area (Å²) in [5, 5.41) is 15.4. The van der Waals surface area contributed by atoms with Gasteiger partial charge in [0.15, 0.2) is 0 Å². The summed E-state index contributed by atoms with van der Waals surface area (Å²) in [6.45, 7) is 0.266. The largest absolute Gasteiger partial charge is 0.364 e. The Morgan fingerprint density at radius 3 is 2.79 bits per heavy atom. The van der Waals surface area contributed by atoms with E-state index in [9.17, 15) is 4.79 Å². The SMILES string of the molecule is N#CC(Cc1ccccc1)C(=O)NCc1ccon1. The van der Waals surface area contributed by atoms with Crippen molar-refractivity contribution in [3.63, 3.8) is 0 Å². The average molecular weight is 255 g/mol. The molecule has 1 unspecified atom stereocenters. The molecule has 1 atom stereocenters. The number of hydrogen-bond acceptors (Lipinski definition) is 4. The van der Waals surface area contributed by atoms with Gasteiger partial charge in [0.1, 0.15) is 17.9 Å². The van der Waals surface area contributed by atoms with Crippen LogP contribution in [0.1, 0.15) is 11.3 Å². The van der Waals surface area contributed by atoms with Gasteiger partial charge in [0, 0.05) is 6.07 Å². The maximum absolute atomic E-state index is 11.9. The standard InChI is InChI=1S/C14H13N3O2/c15-9-12(8-11-4-2-1-3-5-11)14(18)16-10-13-6-7-19-17-13/h1-7,12H,8,10H2,(H,16,18). The second kappa shape index (κ2) is 6.36. The van der Waals surface area contributed by atoms with Gasteiger partial charge >= 0.3 is 0 Å². The Labute approximate surface area is 110 Å². The molecule has 1 heterocycles. The molecule has 1 aromatic carbocycles. The molecule has 96 valence electrons. The van der Waals surface area contributed by atoms with E-state index < -0.39 is 5.92 Å². The number of nitrogens with zero attached hydrogens (tertiary/aromatic N) is 2. The Kier molecular flexibility index (Phi) is 4.29. The molecule has 0 bridgehead atoms. The first-order valence-corrected chi connectivity index (χ1v) is 5.90. The number of amides is 1. The van der Waals surface area contributed by atoms with E-state index in [4.69, 9.17) is 5.26 Å². The van der Waals surface area contributed by atoms with Crippen LogP contribution < -0.4 is 5.32 Å². The maximum atomic E-state index is 11.9. The monoisotopic (exact) mass is 255 g/mol. The predicted molar refractivity (Wildman–Crippen MR) is 67.6 cm³/mol. The summed E-state index contributed by atoms with van der Waals surface area (Å²) >= 11 is 0. The molecule has 0 saturated carbocycles. The zero-order chi connectivity index (χ0) is 13.5. The van der Waals surface area contributed by atoms with E-state index in [1.165, 1.54) is 6.26 Å². The van der Waals surface area contributed by atoms with Gasteiger partial charge < -0.3 is 9.84 Å². The van der Waals surface area contributed by atoms with Gasteiger partial charge in [-0.05, 0) is 12.0 Å². The molecule has 2 rings (SSSR count). The molecular weight excluding hydrogens is 242 g/mol. The molecule has 19 heavy (non-hydrogen) atoms. The topological polar surface area (TPSA) is 78.9 Å². The highest BCUT2D eigenvalue weighted by molar-refractivity contribution is 5.81. The van der Waals surface area contributed by atoms with Crippen molar-refractivity contribution in [3.8, 4) is 6.07 Å². The summed E-state index contributed by atoms with van der Waals surface area (Å²) in [5.41, 5.74) is 1.59. The molecule has 1 amide bonds.